The number of para-hydroxylation sites is 1. The number of halogens is 1. The number of rotatable bonds is 17. The number of aryl methyl sites for hydroxylation is 1. The monoisotopic (exact) mass is 743 g/mol. The topological polar surface area (TPSA) is 121 Å². The minimum absolute atomic E-state index is 0.185. The SMILES string of the molecule is CCOCN1CCN(COCC2CCN(CCc3cc(OC)c(Nc4ncc(Cl)c(Nc5ccccc5S(=O)(=O)C(C)C)n4)cc3C)CC2)CC1. The van der Waals surface area contributed by atoms with Crippen LogP contribution in [0.25, 0.3) is 0 Å². The number of piperazine rings is 1. The van der Waals surface area contributed by atoms with E-state index < -0.39 is 15.1 Å². The zero-order valence-electron chi connectivity index (χ0n) is 30.7. The number of sulfone groups is 1. The Labute approximate surface area is 308 Å². The number of hydrogen-bond donors (Lipinski definition) is 2. The summed E-state index contributed by atoms with van der Waals surface area (Å²) in [5, 5.41) is 6.05. The molecule has 0 bridgehead atoms. The maximum Gasteiger partial charge on any atom is 0.229 e. The summed E-state index contributed by atoms with van der Waals surface area (Å²) in [6, 6.07) is 10.9. The van der Waals surface area contributed by atoms with E-state index >= 15 is 0 Å². The highest BCUT2D eigenvalue weighted by Crippen LogP contribution is 2.33. The van der Waals surface area contributed by atoms with Crippen molar-refractivity contribution < 1.29 is 22.6 Å². The normalized spacial score (nSPS) is 16.8. The summed E-state index contributed by atoms with van der Waals surface area (Å²) >= 11 is 6.45. The lowest BCUT2D eigenvalue weighted by Crippen LogP contribution is -2.47. The van der Waals surface area contributed by atoms with Gasteiger partial charge in [-0.1, -0.05) is 23.7 Å². The molecule has 280 valence electrons. The average Bonchev–Trinajstić information content (AvgIpc) is 3.13. The first-order valence-electron chi connectivity index (χ1n) is 18.0. The lowest BCUT2D eigenvalue weighted by atomic mass is 9.97. The molecule has 2 fully saturated rings. The third-order valence-electron chi connectivity index (χ3n) is 9.69. The predicted octanol–water partition coefficient (Wildman–Crippen LogP) is 5.96. The molecular weight excluding hydrogens is 690 g/mol. The Morgan fingerprint density at radius 3 is 2.29 bits per heavy atom. The molecule has 0 saturated carbocycles. The van der Waals surface area contributed by atoms with Crippen LogP contribution in [0.5, 0.6) is 5.75 Å². The van der Waals surface area contributed by atoms with Crippen LogP contribution in [0.2, 0.25) is 5.02 Å². The largest absolute Gasteiger partial charge is 0.495 e. The van der Waals surface area contributed by atoms with Crippen molar-refractivity contribution in [3.05, 3.63) is 58.7 Å². The molecule has 3 heterocycles. The van der Waals surface area contributed by atoms with E-state index in [2.05, 4.69) is 48.3 Å². The molecule has 5 rings (SSSR count). The second-order valence-electron chi connectivity index (χ2n) is 13.6. The van der Waals surface area contributed by atoms with Crippen LogP contribution in [-0.2, 0) is 25.7 Å². The van der Waals surface area contributed by atoms with Crippen molar-refractivity contribution in [2.24, 2.45) is 5.92 Å². The molecule has 0 spiro atoms. The fourth-order valence-electron chi connectivity index (χ4n) is 6.37. The van der Waals surface area contributed by atoms with Gasteiger partial charge in [0.25, 0.3) is 0 Å². The Kier molecular flexibility index (Phi) is 14.3. The number of nitrogens with zero attached hydrogens (tertiary/aromatic N) is 5. The van der Waals surface area contributed by atoms with Crippen LogP contribution in [0.15, 0.2) is 47.5 Å². The van der Waals surface area contributed by atoms with Gasteiger partial charge in [-0.25, -0.2) is 13.4 Å². The van der Waals surface area contributed by atoms with Crippen LogP contribution < -0.4 is 15.4 Å². The van der Waals surface area contributed by atoms with Crippen LogP contribution in [0, 0.1) is 12.8 Å². The highest BCUT2D eigenvalue weighted by atomic mass is 35.5. The van der Waals surface area contributed by atoms with Crippen molar-refractivity contribution in [1.29, 1.82) is 0 Å². The molecule has 2 N–H and O–H groups in total. The van der Waals surface area contributed by atoms with Crippen LogP contribution >= 0.6 is 11.6 Å². The molecule has 12 nitrogen and oxygen atoms in total. The molecular formula is C37H54ClN7O5S. The van der Waals surface area contributed by atoms with Gasteiger partial charge in [-0.2, -0.15) is 4.98 Å². The first-order chi connectivity index (χ1) is 24.6. The fourth-order valence-corrected chi connectivity index (χ4v) is 7.71. The molecule has 3 aromatic rings. The molecule has 0 amide bonds. The third-order valence-corrected chi connectivity index (χ3v) is 12.2. The van der Waals surface area contributed by atoms with Crippen molar-refractivity contribution in [2.45, 2.75) is 57.1 Å². The molecule has 2 aliphatic heterocycles. The Hall–Kier alpha value is -3.04. The molecule has 2 saturated heterocycles. The van der Waals surface area contributed by atoms with Crippen LogP contribution in [-0.4, -0.2) is 118 Å². The van der Waals surface area contributed by atoms with Crippen molar-refractivity contribution in [2.75, 3.05) is 90.2 Å². The van der Waals surface area contributed by atoms with E-state index in [9.17, 15) is 8.42 Å². The molecule has 1 aromatic heterocycles. The van der Waals surface area contributed by atoms with Gasteiger partial charge >= 0.3 is 0 Å². The number of methoxy groups -OCH3 is 1. The van der Waals surface area contributed by atoms with Gasteiger partial charge in [-0.15, -0.1) is 0 Å². The Balaban J connectivity index is 1.11. The van der Waals surface area contributed by atoms with Gasteiger partial charge in [0.1, 0.15) is 10.8 Å². The van der Waals surface area contributed by atoms with Gasteiger partial charge in [0.05, 0.1) is 54.9 Å². The number of nitrogens with one attached hydrogen (secondary N) is 2. The van der Waals surface area contributed by atoms with Crippen LogP contribution in [0.3, 0.4) is 0 Å². The second kappa shape index (κ2) is 18.6. The maximum absolute atomic E-state index is 13.0. The fraction of sp³-hybridized carbons (Fsp3) is 0.568. The molecule has 0 unspecified atom stereocenters. The summed E-state index contributed by atoms with van der Waals surface area (Å²) < 4.78 is 43.4. The summed E-state index contributed by atoms with van der Waals surface area (Å²) in [7, 11) is -1.89. The van der Waals surface area contributed by atoms with Gasteiger partial charge in [0.15, 0.2) is 15.7 Å². The summed E-state index contributed by atoms with van der Waals surface area (Å²) in [6.07, 6.45) is 4.71. The van der Waals surface area contributed by atoms with Crippen LogP contribution in [0.1, 0.15) is 44.7 Å². The predicted molar refractivity (Wildman–Crippen MR) is 203 cm³/mol. The van der Waals surface area contributed by atoms with Gasteiger partial charge in [-0.3, -0.25) is 9.80 Å². The first-order valence-corrected chi connectivity index (χ1v) is 19.9. The number of hydrogen-bond acceptors (Lipinski definition) is 12. The Bertz CT molecular complexity index is 1680. The van der Waals surface area contributed by atoms with E-state index in [0.29, 0.717) is 23.3 Å². The number of piperidine rings is 1. The van der Waals surface area contributed by atoms with E-state index in [-0.39, 0.29) is 15.7 Å². The maximum atomic E-state index is 13.0. The lowest BCUT2D eigenvalue weighted by Gasteiger charge is -2.35. The van der Waals surface area contributed by atoms with E-state index in [0.717, 1.165) is 103 Å². The lowest BCUT2D eigenvalue weighted by molar-refractivity contribution is -0.0405. The molecule has 2 aliphatic rings. The smallest absolute Gasteiger partial charge is 0.229 e. The Morgan fingerprint density at radius 1 is 0.941 bits per heavy atom. The summed E-state index contributed by atoms with van der Waals surface area (Å²) in [6.45, 7) is 17.8. The molecule has 2 aromatic carbocycles. The van der Waals surface area contributed by atoms with Crippen molar-refractivity contribution in [3.8, 4) is 5.75 Å². The zero-order valence-corrected chi connectivity index (χ0v) is 32.2. The number of likely N-dealkylation sites (tertiary alicyclic amines) is 1. The van der Waals surface area contributed by atoms with Crippen molar-refractivity contribution in [3.63, 3.8) is 0 Å². The second-order valence-corrected chi connectivity index (χ2v) is 16.5. The summed E-state index contributed by atoms with van der Waals surface area (Å²) in [5.74, 6) is 1.88. The zero-order chi connectivity index (χ0) is 36.4. The highest BCUT2D eigenvalue weighted by molar-refractivity contribution is 7.92. The van der Waals surface area contributed by atoms with Gasteiger partial charge in [0, 0.05) is 39.3 Å². The minimum Gasteiger partial charge on any atom is -0.495 e. The summed E-state index contributed by atoms with van der Waals surface area (Å²) in [4.78, 5) is 16.4. The quantitative estimate of drug-likeness (QED) is 0.170. The molecule has 0 radical (unpaired) electrons. The minimum atomic E-state index is -3.54. The number of aromatic nitrogens is 2. The Morgan fingerprint density at radius 2 is 1.63 bits per heavy atom. The number of benzene rings is 2. The standard InChI is InChI=1S/C37H54ClN7O5S/c1-6-49-25-44-17-19-45(20-18-44)26-50-24-29-11-14-43(15-12-29)16-13-30-22-34(48-5)33(21-28(30)4)41-37-39-23-31(38)36(42-37)40-32-9-7-8-10-35(32)51(46,47)27(2)3/h7-10,21-23,27,29H,6,11-20,24-26H2,1-5H3,(H2,39,40,41,42). The molecule has 51 heavy (non-hydrogen) atoms. The number of ether oxygens (including phenoxy) is 3. The van der Waals surface area contributed by atoms with Crippen LogP contribution in [0.4, 0.5) is 23.1 Å². The third kappa shape index (κ3) is 10.8. The summed E-state index contributed by atoms with van der Waals surface area (Å²) in [5.41, 5.74) is 3.49. The van der Waals surface area contributed by atoms with E-state index in [4.69, 9.17) is 25.8 Å². The average molecular weight is 744 g/mol. The highest BCUT2D eigenvalue weighted by Gasteiger charge is 2.24. The first kappa shape index (κ1) is 39.2. The van der Waals surface area contributed by atoms with Gasteiger partial charge in [-0.05, 0) is 101 Å². The van der Waals surface area contributed by atoms with E-state index in [1.54, 1.807) is 45.2 Å². The van der Waals surface area contributed by atoms with Gasteiger partial charge < -0.3 is 29.7 Å². The number of anilines is 4. The van der Waals surface area contributed by atoms with E-state index in [1.807, 2.05) is 13.0 Å². The van der Waals surface area contributed by atoms with Crippen molar-refractivity contribution >= 4 is 44.6 Å². The van der Waals surface area contributed by atoms with Gasteiger partial charge in [0.2, 0.25) is 5.95 Å². The molecule has 14 heteroatoms. The molecule has 0 atom stereocenters. The molecule has 0 aliphatic carbocycles. The van der Waals surface area contributed by atoms with E-state index in [1.165, 1.54) is 11.8 Å². The van der Waals surface area contributed by atoms with Crippen molar-refractivity contribution in [1.82, 2.24) is 24.7 Å².